The summed E-state index contributed by atoms with van der Waals surface area (Å²) in [6.07, 6.45) is 2.13. The molecule has 0 saturated heterocycles. The standard InChI is InChI=1S/C11H21N3S/c1-5-12-8-11-9(2)13-14(10(11)3)6-7-15-4/h12H,5-8H2,1-4H3. The second kappa shape index (κ2) is 6.18. The van der Waals surface area contributed by atoms with Gasteiger partial charge in [0.25, 0.3) is 0 Å². The van der Waals surface area contributed by atoms with Gasteiger partial charge in [0.2, 0.25) is 0 Å². The third-order valence-corrected chi connectivity index (χ3v) is 3.18. The molecule has 0 atom stereocenters. The highest BCUT2D eigenvalue weighted by molar-refractivity contribution is 7.98. The van der Waals surface area contributed by atoms with E-state index in [9.17, 15) is 0 Å². The van der Waals surface area contributed by atoms with Crippen LogP contribution in [0.25, 0.3) is 0 Å². The molecule has 1 N–H and O–H groups in total. The van der Waals surface area contributed by atoms with Crippen LogP contribution in [0.3, 0.4) is 0 Å². The van der Waals surface area contributed by atoms with Crippen LogP contribution in [0.15, 0.2) is 0 Å². The second-order valence-corrected chi connectivity index (χ2v) is 4.63. The summed E-state index contributed by atoms with van der Waals surface area (Å²) in [6.45, 7) is 9.34. The molecule has 0 unspecified atom stereocenters. The van der Waals surface area contributed by atoms with Crippen LogP contribution < -0.4 is 5.32 Å². The molecule has 0 aromatic carbocycles. The van der Waals surface area contributed by atoms with Crippen LogP contribution >= 0.6 is 11.8 Å². The molecule has 0 aliphatic rings. The molecule has 0 spiro atoms. The Hall–Kier alpha value is -0.480. The summed E-state index contributed by atoms with van der Waals surface area (Å²) in [5, 5.41) is 7.92. The van der Waals surface area contributed by atoms with Crippen LogP contribution in [-0.2, 0) is 13.1 Å². The first kappa shape index (κ1) is 12.6. The van der Waals surface area contributed by atoms with E-state index in [1.165, 1.54) is 11.3 Å². The van der Waals surface area contributed by atoms with Crippen molar-refractivity contribution in [2.24, 2.45) is 0 Å². The molecule has 1 aromatic rings. The van der Waals surface area contributed by atoms with E-state index < -0.39 is 0 Å². The number of hydrogen-bond acceptors (Lipinski definition) is 3. The first-order chi connectivity index (χ1) is 7.20. The molecule has 1 rings (SSSR count). The van der Waals surface area contributed by atoms with E-state index >= 15 is 0 Å². The van der Waals surface area contributed by atoms with Gasteiger partial charge in [-0.05, 0) is 26.6 Å². The molecule has 1 heterocycles. The molecule has 0 amide bonds. The van der Waals surface area contributed by atoms with Crippen LogP contribution in [0, 0.1) is 13.8 Å². The lowest BCUT2D eigenvalue weighted by Crippen LogP contribution is -2.13. The van der Waals surface area contributed by atoms with E-state index in [2.05, 4.69) is 42.1 Å². The van der Waals surface area contributed by atoms with Crippen LogP contribution in [-0.4, -0.2) is 28.3 Å². The van der Waals surface area contributed by atoms with Crippen molar-refractivity contribution in [3.63, 3.8) is 0 Å². The normalized spacial score (nSPS) is 10.9. The zero-order valence-electron chi connectivity index (χ0n) is 10.1. The minimum atomic E-state index is 0.938. The molecular weight excluding hydrogens is 206 g/mol. The Balaban J connectivity index is 2.74. The van der Waals surface area contributed by atoms with Gasteiger partial charge in [-0.25, -0.2) is 0 Å². The van der Waals surface area contributed by atoms with Gasteiger partial charge >= 0.3 is 0 Å². The van der Waals surface area contributed by atoms with Crippen molar-refractivity contribution in [3.8, 4) is 0 Å². The monoisotopic (exact) mass is 227 g/mol. The Labute approximate surface area is 96.6 Å². The van der Waals surface area contributed by atoms with Gasteiger partial charge in [-0.3, -0.25) is 4.68 Å². The Kier molecular flexibility index (Phi) is 5.19. The van der Waals surface area contributed by atoms with Crippen LogP contribution in [0.2, 0.25) is 0 Å². The molecule has 0 saturated carbocycles. The summed E-state index contributed by atoms with van der Waals surface area (Å²) >= 11 is 1.86. The van der Waals surface area contributed by atoms with Crippen molar-refractivity contribution < 1.29 is 0 Å². The summed E-state index contributed by atoms with van der Waals surface area (Å²) in [7, 11) is 0. The van der Waals surface area contributed by atoms with E-state index in [-0.39, 0.29) is 0 Å². The van der Waals surface area contributed by atoms with Crippen molar-refractivity contribution >= 4 is 11.8 Å². The third kappa shape index (κ3) is 3.24. The quantitative estimate of drug-likeness (QED) is 0.806. The lowest BCUT2D eigenvalue weighted by atomic mass is 10.2. The van der Waals surface area contributed by atoms with Crippen LogP contribution in [0.4, 0.5) is 0 Å². The SMILES string of the molecule is CCNCc1c(C)nn(CCSC)c1C. The zero-order valence-corrected chi connectivity index (χ0v) is 10.9. The number of aromatic nitrogens is 2. The number of nitrogens with zero attached hydrogens (tertiary/aromatic N) is 2. The van der Waals surface area contributed by atoms with Gasteiger partial charge in [0.15, 0.2) is 0 Å². The average molecular weight is 227 g/mol. The zero-order chi connectivity index (χ0) is 11.3. The maximum atomic E-state index is 4.56. The maximum Gasteiger partial charge on any atom is 0.0641 e. The Bertz CT molecular complexity index is 307. The van der Waals surface area contributed by atoms with Crippen molar-refractivity contribution in [2.45, 2.75) is 33.9 Å². The van der Waals surface area contributed by atoms with Gasteiger partial charge in [0.1, 0.15) is 0 Å². The smallest absolute Gasteiger partial charge is 0.0641 e. The number of nitrogens with one attached hydrogen (secondary N) is 1. The van der Waals surface area contributed by atoms with E-state index in [4.69, 9.17) is 0 Å². The fourth-order valence-corrected chi connectivity index (χ4v) is 1.99. The first-order valence-corrected chi connectivity index (χ1v) is 6.82. The summed E-state index contributed by atoms with van der Waals surface area (Å²) in [5.41, 5.74) is 3.83. The maximum absolute atomic E-state index is 4.56. The highest BCUT2D eigenvalue weighted by Gasteiger charge is 2.09. The topological polar surface area (TPSA) is 29.9 Å². The molecular formula is C11H21N3S. The van der Waals surface area contributed by atoms with E-state index in [1.54, 1.807) is 0 Å². The molecule has 0 bridgehead atoms. The number of thioether (sulfide) groups is 1. The lowest BCUT2D eigenvalue weighted by molar-refractivity contribution is 0.638. The Morgan fingerprint density at radius 3 is 2.73 bits per heavy atom. The second-order valence-electron chi connectivity index (χ2n) is 3.65. The van der Waals surface area contributed by atoms with Crippen molar-refractivity contribution in [2.75, 3.05) is 18.6 Å². The minimum Gasteiger partial charge on any atom is -0.313 e. The average Bonchev–Trinajstić information content (AvgIpc) is 2.49. The molecule has 1 aromatic heterocycles. The Morgan fingerprint density at radius 2 is 2.13 bits per heavy atom. The van der Waals surface area contributed by atoms with Crippen LogP contribution in [0.5, 0.6) is 0 Å². The highest BCUT2D eigenvalue weighted by Crippen LogP contribution is 2.13. The molecule has 3 nitrogen and oxygen atoms in total. The fraction of sp³-hybridized carbons (Fsp3) is 0.727. The molecule has 4 heteroatoms. The highest BCUT2D eigenvalue weighted by atomic mass is 32.2. The molecule has 86 valence electrons. The van der Waals surface area contributed by atoms with Gasteiger partial charge in [0, 0.05) is 23.6 Å². The van der Waals surface area contributed by atoms with Gasteiger partial charge in [0.05, 0.1) is 12.2 Å². The fourth-order valence-electron chi connectivity index (χ4n) is 1.64. The first-order valence-electron chi connectivity index (χ1n) is 5.43. The van der Waals surface area contributed by atoms with E-state index in [0.29, 0.717) is 0 Å². The number of hydrogen-bond donors (Lipinski definition) is 1. The van der Waals surface area contributed by atoms with Gasteiger partial charge in [-0.2, -0.15) is 16.9 Å². The third-order valence-electron chi connectivity index (χ3n) is 2.59. The lowest BCUT2D eigenvalue weighted by Gasteiger charge is -2.04. The largest absolute Gasteiger partial charge is 0.313 e. The molecule has 0 aliphatic carbocycles. The van der Waals surface area contributed by atoms with Crippen molar-refractivity contribution in [1.29, 1.82) is 0 Å². The molecule has 15 heavy (non-hydrogen) atoms. The van der Waals surface area contributed by atoms with Crippen molar-refractivity contribution in [1.82, 2.24) is 15.1 Å². The van der Waals surface area contributed by atoms with Gasteiger partial charge in [-0.1, -0.05) is 6.92 Å². The van der Waals surface area contributed by atoms with Gasteiger partial charge < -0.3 is 5.32 Å². The predicted molar refractivity (Wildman–Crippen MR) is 67.5 cm³/mol. The summed E-state index contributed by atoms with van der Waals surface area (Å²) in [6, 6.07) is 0. The summed E-state index contributed by atoms with van der Waals surface area (Å²) in [4.78, 5) is 0. The summed E-state index contributed by atoms with van der Waals surface area (Å²) in [5.74, 6) is 1.13. The Morgan fingerprint density at radius 1 is 1.40 bits per heavy atom. The van der Waals surface area contributed by atoms with E-state index in [0.717, 1.165) is 31.1 Å². The minimum absolute atomic E-state index is 0.938. The molecule has 0 radical (unpaired) electrons. The predicted octanol–water partition coefficient (Wildman–Crippen LogP) is 1.97. The van der Waals surface area contributed by atoms with E-state index in [1.807, 2.05) is 11.8 Å². The number of rotatable bonds is 6. The van der Waals surface area contributed by atoms with Gasteiger partial charge in [-0.15, -0.1) is 0 Å². The summed E-state index contributed by atoms with van der Waals surface area (Å²) < 4.78 is 2.12. The molecule has 0 fully saturated rings. The van der Waals surface area contributed by atoms with Crippen LogP contribution in [0.1, 0.15) is 23.9 Å². The van der Waals surface area contributed by atoms with Crippen molar-refractivity contribution in [3.05, 3.63) is 17.0 Å². The molecule has 0 aliphatic heterocycles. The number of aryl methyl sites for hydroxylation is 2.